The number of fused-ring (bicyclic) bond motifs is 1. The number of nitrogens with zero attached hydrogens (tertiary/aromatic N) is 4. The maximum atomic E-state index is 10.9. The summed E-state index contributed by atoms with van der Waals surface area (Å²) in [5, 5.41) is 31.5. The van der Waals surface area contributed by atoms with E-state index in [2.05, 4.69) is 16.5 Å². The molecule has 1 saturated heterocycles. The molecule has 134 valence electrons. The zero-order valence-corrected chi connectivity index (χ0v) is 13.8. The summed E-state index contributed by atoms with van der Waals surface area (Å²) < 4.78 is 12.1. The van der Waals surface area contributed by atoms with Gasteiger partial charge in [0.1, 0.15) is 43.1 Å². The van der Waals surface area contributed by atoms with E-state index in [4.69, 9.17) is 9.47 Å². The van der Waals surface area contributed by atoms with Gasteiger partial charge < -0.3 is 24.3 Å². The second-order valence-electron chi connectivity index (χ2n) is 5.81. The molecule has 1 aromatic heterocycles. The highest BCUT2D eigenvalue weighted by Gasteiger charge is 2.45. The number of esters is 1. The van der Waals surface area contributed by atoms with Crippen molar-refractivity contribution < 1.29 is 24.5 Å². The number of aliphatic imine (C=N–C) groups is 1. The molecule has 0 aliphatic carbocycles. The number of hydrazine groups is 1. The van der Waals surface area contributed by atoms with E-state index in [1.54, 1.807) is 18.4 Å². The molecule has 4 atom stereocenters. The number of hydrogen-bond donors (Lipinski definition) is 3. The lowest BCUT2D eigenvalue weighted by Crippen LogP contribution is -2.35. The summed E-state index contributed by atoms with van der Waals surface area (Å²) in [6.07, 6.45) is -1.18. The molecule has 0 unspecified atom stereocenters. The highest BCUT2D eigenvalue weighted by Crippen LogP contribution is 2.37. The Hall–Kier alpha value is -2.45. The summed E-state index contributed by atoms with van der Waals surface area (Å²) in [7, 11) is 1.74. The number of rotatable bonds is 4. The minimum atomic E-state index is -1.25. The van der Waals surface area contributed by atoms with Gasteiger partial charge in [-0.05, 0) is 0 Å². The predicted octanol–water partition coefficient (Wildman–Crippen LogP) is -0.848. The normalized spacial score (nSPS) is 27.9. The van der Waals surface area contributed by atoms with Crippen LogP contribution in [0.2, 0.25) is 0 Å². The number of carbonyl (C=O) groups is 1. The molecule has 0 radical (unpaired) electrons. The number of carbonyl (C=O) groups excluding carboxylic acids is 1. The fraction of sp³-hybridized carbons (Fsp3) is 0.533. The SMILES string of the molecule is CNN1C=Nc2c(c(C#N)cn2[C@@H]2O[C@H](COC(C)=O)[C@@H](O)[C@H]2O)C1. The third-order valence-corrected chi connectivity index (χ3v) is 4.23. The van der Waals surface area contributed by atoms with Crippen molar-refractivity contribution in [2.75, 3.05) is 13.7 Å². The van der Waals surface area contributed by atoms with Gasteiger partial charge in [0.15, 0.2) is 6.23 Å². The van der Waals surface area contributed by atoms with Gasteiger partial charge in [-0.1, -0.05) is 0 Å². The van der Waals surface area contributed by atoms with E-state index in [0.29, 0.717) is 23.5 Å². The van der Waals surface area contributed by atoms with E-state index >= 15 is 0 Å². The topological polar surface area (TPSA) is 132 Å². The number of nitrogens with one attached hydrogen (secondary N) is 1. The van der Waals surface area contributed by atoms with Gasteiger partial charge in [-0.15, -0.1) is 0 Å². The molecule has 25 heavy (non-hydrogen) atoms. The summed E-state index contributed by atoms with van der Waals surface area (Å²) >= 11 is 0. The number of hydrogen-bond acceptors (Lipinski definition) is 9. The third-order valence-electron chi connectivity index (χ3n) is 4.23. The Morgan fingerprint density at radius 2 is 2.32 bits per heavy atom. The molecule has 10 heteroatoms. The van der Waals surface area contributed by atoms with Crippen LogP contribution in [0, 0.1) is 11.3 Å². The first-order valence-corrected chi connectivity index (χ1v) is 7.73. The van der Waals surface area contributed by atoms with Crippen molar-refractivity contribution in [3.63, 3.8) is 0 Å². The molecule has 2 aliphatic heterocycles. The van der Waals surface area contributed by atoms with Crippen molar-refractivity contribution in [3.05, 3.63) is 17.3 Å². The van der Waals surface area contributed by atoms with E-state index in [9.17, 15) is 20.3 Å². The minimum Gasteiger partial charge on any atom is -0.463 e. The molecule has 0 saturated carbocycles. The fourth-order valence-electron chi connectivity index (χ4n) is 2.91. The van der Waals surface area contributed by atoms with Gasteiger partial charge in [0, 0.05) is 25.7 Å². The van der Waals surface area contributed by atoms with Gasteiger partial charge in [-0.25, -0.2) is 10.4 Å². The van der Waals surface area contributed by atoms with E-state index in [1.807, 2.05) is 0 Å². The second-order valence-corrected chi connectivity index (χ2v) is 5.81. The maximum Gasteiger partial charge on any atom is 0.302 e. The Morgan fingerprint density at radius 1 is 1.56 bits per heavy atom. The summed E-state index contributed by atoms with van der Waals surface area (Å²) in [5.74, 6) is -0.0250. The van der Waals surface area contributed by atoms with Crippen LogP contribution in [-0.4, -0.2) is 64.1 Å². The summed E-state index contributed by atoms with van der Waals surface area (Å²) in [6, 6.07) is 2.10. The lowest BCUT2D eigenvalue weighted by Gasteiger charge is -2.24. The van der Waals surface area contributed by atoms with Crippen molar-refractivity contribution in [3.8, 4) is 6.07 Å². The van der Waals surface area contributed by atoms with Gasteiger partial charge in [-0.3, -0.25) is 9.80 Å². The standard InChI is InChI=1S/C15H19N5O5/c1-8(21)24-6-11-12(22)13(23)15(25-11)20-4-9(3-16)10-5-19(17-2)7-18-14(10)20/h4,7,11-13,15,17,22-23H,5-6H2,1-2H3/t11-,12-,13-,15-/m1/s1. The first-order valence-electron chi connectivity index (χ1n) is 7.73. The number of ether oxygens (including phenoxy) is 2. The third kappa shape index (κ3) is 3.10. The number of aliphatic hydroxyl groups is 2. The van der Waals surface area contributed by atoms with Crippen molar-refractivity contribution >= 4 is 18.1 Å². The Labute approximate surface area is 143 Å². The van der Waals surface area contributed by atoms with Crippen molar-refractivity contribution in [2.24, 2.45) is 4.99 Å². The van der Waals surface area contributed by atoms with Crippen LogP contribution in [0.5, 0.6) is 0 Å². The minimum absolute atomic E-state index is 0.171. The lowest BCUT2D eigenvalue weighted by atomic mass is 10.1. The zero-order chi connectivity index (χ0) is 18.1. The average Bonchev–Trinajstić information content (AvgIpc) is 3.10. The predicted molar refractivity (Wildman–Crippen MR) is 84.5 cm³/mol. The molecule has 3 rings (SSSR count). The highest BCUT2D eigenvalue weighted by atomic mass is 16.6. The van der Waals surface area contributed by atoms with Crippen molar-refractivity contribution in [1.82, 2.24) is 15.0 Å². The molecule has 3 N–H and O–H groups in total. The zero-order valence-electron chi connectivity index (χ0n) is 13.8. The smallest absolute Gasteiger partial charge is 0.302 e. The van der Waals surface area contributed by atoms with Crippen LogP contribution in [0.1, 0.15) is 24.3 Å². The van der Waals surface area contributed by atoms with E-state index in [0.717, 1.165) is 0 Å². The molecule has 1 aromatic rings. The highest BCUT2D eigenvalue weighted by molar-refractivity contribution is 5.67. The van der Waals surface area contributed by atoms with Crippen LogP contribution < -0.4 is 5.43 Å². The molecular weight excluding hydrogens is 330 g/mol. The molecule has 0 amide bonds. The second kappa shape index (κ2) is 6.81. The van der Waals surface area contributed by atoms with Crippen molar-refractivity contribution in [2.45, 2.75) is 38.0 Å². The first kappa shape index (κ1) is 17.4. The van der Waals surface area contributed by atoms with E-state index < -0.39 is 30.5 Å². The van der Waals surface area contributed by atoms with Crippen molar-refractivity contribution in [1.29, 1.82) is 5.26 Å². The molecule has 10 nitrogen and oxygen atoms in total. The Balaban J connectivity index is 1.89. The van der Waals surface area contributed by atoms with Gasteiger partial charge in [-0.2, -0.15) is 5.26 Å². The Bertz CT molecular complexity index is 739. The van der Waals surface area contributed by atoms with Crippen LogP contribution >= 0.6 is 0 Å². The summed E-state index contributed by atoms with van der Waals surface area (Å²) in [5.41, 5.74) is 4.01. The quantitative estimate of drug-likeness (QED) is 0.599. The van der Waals surface area contributed by atoms with Crippen LogP contribution in [0.25, 0.3) is 0 Å². The molecule has 0 aromatic carbocycles. The van der Waals surface area contributed by atoms with Crippen LogP contribution in [0.3, 0.4) is 0 Å². The fourth-order valence-corrected chi connectivity index (χ4v) is 2.91. The largest absolute Gasteiger partial charge is 0.463 e. The lowest BCUT2D eigenvalue weighted by molar-refractivity contribution is -0.147. The van der Waals surface area contributed by atoms with Crippen LogP contribution in [0.4, 0.5) is 5.82 Å². The average molecular weight is 349 g/mol. The van der Waals surface area contributed by atoms with Gasteiger partial charge in [0.2, 0.25) is 0 Å². The first-order chi connectivity index (χ1) is 12.0. The number of aromatic nitrogens is 1. The number of aliphatic hydroxyl groups excluding tert-OH is 2. The van der Waals surface area contributed by atoms with E-state index in [-0.39, 0.29) is 6.61 Å². The molecular formula is C15H19N5O5. The summed E-state index contributed by atoms with van der Waals surface area (Å²) in [6.45, 7) is 1.50. The van der Waals surface area contributed by atoms with Gasteiger partial charge in [0.25, 0.3) is 0 Å². The van der Waals surface area contributed by atoms with Gasteiger partial charge >= 0.3 is 5.97 Å². The molecule has 0 bridgehead atoms. The van der Waals surface area contributed by atoms with E-state index in [1.165, 1.54) is 17.7 Å². The Morgan fingerprint density at radius 3 is 2.96 bits per heavy atom. The van der Waals surface area contributed by atoms with Crippen LogP contribution in [-0.2, 0) is 20.8 Å². The summed E-state index contributed by atoms with van der Waals surface area (Å²) in [4.78, 5) is 15.2. The monoisotopic (exact) mass is 349 g/mol. The van der Waals surface area contributed by atoms with Crippen LogP contribution in [0.15, 0.2) is 11.2 Å². The molecule has 2 aliphatic rings. The molecule has 1 fully saturated rings. The molecule has 0 spiro atoms. The maximum absolute atomic E-state index is 10.9. The Kier molecular flexibility index (Phi) is 4.73. The molecule has 3 heterocycles. The number of nitriles is 1. The van der Waals surface area contributed by atoms with Gasteiger partial charge in [0.05, 0.1) is 12.1 Å².